The average Bonchev–Trinajstić information content (AvgIpc) is 3.24. The SMILES string of the molecule is CN1C[C@H]2CN(C(=O)c3nc4ccccc4[nH]c3=O)C[C@H]2[C@@H]1c1ccccc1. The Kier molecular flexibility index (Phi) is 4.02. The Morgan fingerprint density at radius 2 is 1.79 bits per heavy atom. The number of nitrogens with one attached hydrogen (secondary N) is 1. The summed E-state index contributed by atoms with van der Waals surface area (Å²) in [6.07, 6.45) is 0. The number of aromatic nitrogens is 2. The van der Waals surface area contributed by atoms with Gasteiger partial charge in [-0.15, -0.1) is 0 Å². The number of benzene rings is 2. The lowest BCUT2D eigenvalue weighted by molar-refractivity contribution is 0.0760. The molecule has 5 rings (SSSR count). The van der Waals surface area contributed by atoms with E-state index in [-0.39, 0.29) is 11.6 Å². The van der Waals surface area contributed by atoms with Crippen LogP contribution in [-0.4, -0.2) is 52.4 Å². The molecule has 6 heteroatoms. The first kappa shape index (κ1) is 17.1. The van der Waals surface area contributed by atoms with Crippen molar-refractivity contribution in [3.8, 4) is 0 Å². The van der Waals surface area contributed by atoms with Gasteiger partial charge in [0.2, 0.25) is 0 Å². The standard InChI is InChI=1S/C22H22N4O2/c1-25-11-15-12-26(13-16(15)20(25)14-7-3-2-4-8-14)22(28)19-21(27)24-18-10-6-5-9-17(18)23-19/h2-10,15-16,20H,11-13H2,1H3,(H,24,27)/t15-,16+,20-/m0/s1. The molecular formula is C22H22N4O2. The van der Waals surface area contributed by atoms with Crippen molar-refractivity contribution in [2.24, 2.45) is 11.8 Å². The smallest absolute Gasteiger partial charge is 0.280 e. The van der Waals surface area contributed by atoms with Gasteiger partial charge < -0.3 is 9.88 Å². The van der Waals surface area contributed by atoms with E-state index in [1.54, 1.807) is 12.1 Å². The highest BCUT2D eigenvalue weighted by Gasteiger charge is 2.47. The summed E-state index contributed by atoms with van der Waals surface area (Å²) < 4.78 is 0. The Hall–Kier alpha value is -2.99. The van der Waals surface area contributed by atoms with Gasteiger partial charge >= 0.3 is 0 Å². The molecule has 1 aromatic heterocycles. The molecule has 1 amide bonds. The predicted molar refractivity (Wildman–Crippen MR) is 107 cm³/mol. The quantitative estimate of drug-likeness (QED) is 0.747. The lowest BCUT2D eigenvalue weighted by Crippen LogP contribution is -2.37. The Bertz CT molecular complexity index is 1090. The number of rotatable bonds is 2. The predicted octanol–water partition coefficient (Wildman–Crippen LogP) is 2.30. The lowest BCUT2D eigenvalue weighted by atomic mass is 9.90. The maximum atomic E-state index is 13.1. The van der Waals surface area contributed by atoms with Gasteiger partial charge in [0.05, 0.1) is 11.0 Å². The molecule has 2 aliphatic rings. The summed E-state index contributed by atoms with van der Waals surface area (Å²) in [4.78, 5) is 36.9. The van der Waals surface area contributed by atoms with Gasteiger partial charge in [-0.05, 0) is 30.7 Å². The van der Waals surface area contributed by atoms with Gasteiger partial charge in [0.15, 0.2) is 5.69 Å². The first-order valence-corrected chi connectivity index (χ1v) is 9.65. The third-order valence-corrected chi connectivity index (χ3v) is 6.12. The first-order chi connectivity index (χ1) is 13.6. The van der Waals surface area contributed by atoms with Crippen LogP contribution in [0.3, 0.4) is 0 Å². The van der Waals surface area contributed by atoms with Gasteiger partial charge in [-0.2, -0.15) is 0 Å². The van der Waals surface area contributed by atoms with Crippen LogP contribution in [0.15, 0.2) is 59.4 Å². The maximum Gasteiger partial charge on any atom is 0.280 e. The molecule has 0 spiro atoms. The molecule has 2 aromatic carbocycles. The number of para-hydroxylation sites is 2. The molecule has 6 nitrogen and oxygen atoms in total. The number of fused-ring (bicyclic) bond motifs is 2. The molecular weight excluding hydrogens is 352 g/mol. The molecule has 0 aliphatic carbocycles. The van der Waals surface area contributed by atoms with Crippen LogP contribution in [0.5, 0.6) is 0 Å². The molecule has 1 N–H and O–H groups in total. The zero-order chi connectivity index (χ0) is 19.3. The van der Waals surface area contributed by atoms with Crippen molar-refractivity contribution in [2.75, 3.05) is 26.7 Å². The molecule has 0 saturated carbocycles. The molecule has 2 aliphatic heterocycles. The Morgan fingerprint density at radius 1 is 1.04 bits per heavy atom. The molecule has 3 atom stereocenters. The summed E-state index contributed by atoms with van der Waals surface area (Å²) in [6, 6.07) is 18.0. The van der Waals surface area contributed by atoms with E-state index < -0.39 is 5.56 Å². The summed E-state index contributed by atoms with van der Waals surface area (Å²) in [5, 5.41) is 0. The van der Waals surface area contributed by atoms with E-state index in [4.69, 9.17) is 0 Å². The van der Waals surface area contributed by atoms with Crippen LogP contribution in [-0.2, 0) is 0 Å². The highest BCUT2D eigenvalue weighted by molar-refractivity contribution is 5.94. The molecule has 2 fully saturated rings. The first-order valence-electron chi connectivity index (χ1n) is 9.65. The van der Waals surface area contributed by atoms with Gasteiger partial charge in [-0.1, -0.05) is 42.5 Å². The minimum atomic E-state index is -0.419. The third-order valence-electron chi connectivity index (χ3n) is 6.12. The van der Waals surface area contributed by atoms with Crippen molar-refractivity contribution >= 4 is 16.9 Å². The van der Waals surface area contributed by atoms with E-state index in [2.05, 4.69) is 46.2 Å². The van der Waals surface area contributed by atoms with Crippen LogP contribution >= 0.6 is 0 Å². The van der Waals surface area contributed by atoms with Gasteiger partial charge in [0.1, 0.15) is 0 Å². The van der Waals surface area contributed by atoms with E-state index in [1.807, 2.05) is 23.1 Å². The summed E-state index contributed by atoms with van der Waals surface area (Å²) in [5.41, 5.74) is 2.13. The minimum Gasteiger partial charge on any atom is -0.336 e. The molecule has 142 valence electrons. The summed E-state index contributed by atoms with van der Waals surface area (Å²) in [6.45, 7) is 2.28. The monoisotopic (exact) mass is 374 g/mol. The number of nitrogens with zero attached hydrogens (tertiary/aromatic N) is 3. The van der Waals surface area contributed by atoms with Gasteiger partial charge in [0.25, 0.3) is 11.5 Å². The van der Waals surface area contributed by atoms with E-state index in [0.717, 1.165) is 6.54 Å². The van der Waals surface area contributed by atoms with E-state index in [0.29, 0.717) is 42.0 Å². The average molecular weight is 374 g/mol. The molecule has 0 unspecified atom stereocenters. The second-order valence-corrected chi connectivity index (χ2v) is 7.86. The minimum absolute atomic E-state index is 0.0108. The molecule has 3 aromatic rings. The van der Waals surface area contributed by atoms with Crippen molar-refractivity contribution < 1.29 is 4.79 Å². The zero-order valence-electron chi connectivity index (χ0n) is 15.7. The fourth-order valence-corrected chi connectivity index (χ4v) is 4.90. The largest absolute Gasteiger partial charge is 0.336 e. The van der Waals surface area contributed by atoms with Crippen molar-refractivity contribution in [2.45, 2.75) is 6.04 Å². The number of hydrogen-bond acceptors (Lipinski definition) is 4. The van der Waals surface area contributed by atoms with E-state index in [9.17, 15) is 9.59 Å². The van der Waals surface area contributed by atoms with Crippen molar-refractivity contribution in [3.05, 3.63) is 76.2 Å². The Balaban J connectivity index is 1.43. The van der Waals surface area contributed by atoms with Crippen LogP contribution < -0.4 is 5.56 Å². The maximum absolute atomic E-state index is 13.1. The van der Waals surface area contributed by atoms with Crippen molar-refractivity contribution in [1.82, 2.24) is 19.8 Å². The number of likely N-dealkylation sites (tertiary alicyclic amines) is 2. The third kappa shape index (κ3) is 2.72. The summed E-state index contributed by atoms with van der Waals surface area (Å²) in [5.74, 6) is 0.519. The van der Waals surface area contributed by atoms with E-state index in [1.165, 1.54) is 5.56 Å². The highest BCUT2D eigenvalue weighted by Crippen LogP contribution is 2.44. The molecule has 0 radical (unpaired) electrons. The van der Waals surface area contributed by atoms with Crippen LogP contribution in [0.4, 0.5) is 0 Å². The molecule has 2 saturated heterocycles. The fraction of sp³-hybridized carbons (Fsp3) is 0.318. The second-order valence-electron chi connectivity index (χ2n) is 7.86. The van der Waals surface area contributed by atoms with Crippen LogP contribution in [0, 0.1) is 11.8 Å². The van der Waals surface area contributed by atoms with Crippen LogP contribution in [0.2, 0.25) is 0 Å². The van der Waals surface area contributed by atoms with Crippen molar-refractivity contribution in [3.63, 3.8) is 0 Å². The molecule has 0 bridgehead atoms. The number of amides is 1. The Labute approximate surface area is 162 Å². The topological polar surface area (TPSA) is 69.3 Å². The van der Waals surface area contributed by atoms with Gasteiger partial charge in [0, 0.05) is 31.6 Å². The molecule has 28 heavy (non-hydrogen) atoms. The number of hydrogen-bond donors (Lipinski definition) is 1. The number of H-pyrrole nitrogens is 1. The number of carbonyl (C=O) groups is 1. The van der Waals surface area contributed by atoms with Gasteiger partial charge in [-0.25, -0.2) is 4.98 Å². The normalized spacial score (nSPS) is 24.6. The van der Waals surface area contributed by atoms with Crippen LogP contribution in [0.1, 0.15) is 22.1 Å². The number of aromatic amines is 1. The second kappa shape index (κ2) is 6.56. The highest BCUT2D eigenvalue weighted by atomic mass is 16.2. The molecule has 3 heterocycles. The zero-order valence-corrected chi connectivity index (χ0v) is 15.7. The van der Waals surface area contributed by atoms with Crippen molar-refractivity contribution in [1.29, 1.82) is 0 Å². The number of carbonyl (C=O) groups excluding carboxylic acids is 1. The lowest BCUT2D eigenvalue weighted by Gasteiger charge is -2.26. The van der Waals surface area contributed by atoms with Crippen LogP contribution in [0.25, 0.3) is 11.0 Å². The van der Waals surface area contributed by atoms with Gasteiger partial charge in [-0.3, -0.25) is 14.5 Å². The Morgan fingerprint density at radius 3 is 2.61 bits per heavy atom. The fourth-order valence-electron chi connectivity index (χ4n) is 4.90. The summed E-state index contributed by atoms with van der Waals surface area (Å²) >= 11 is 0. The summed E-state index contributed by atoms with van der Waals surface area (Å²) in [7, 11) is 2.15. The van der Waals surface area contributed by atoms with E-state index >= 15 is 0 Å².